The van der Waals surface area contributed by atoms with E-state index in [4.69, 9.17) is 4.74 Å². The predicted molar refractivity (Wildman–Crippen MR) is 75.5 cm³/mol. The molecule has 1 aromatic carbocycles. The Balaban J connectivity index is 1.69. The summed E-state index contributed by atoms with van der Waals surface area (Å²) in [5.74, 6) is -0.233. The van der Waals surface area contributed by atoms with E-state index in [0.29, 0.717) is 18.6 Å². The van der Waals surface area contributed by atoms with Gasteiger partial charge in [-0.1, -0.05) is 12.1 Å². The van der Waals surface area contributed by atoms with Crippen molar-refractivity contribution in [2.24, 2.45) is 4.99 Å². The van der Waals surface area contributed by atoms with Gasteiger partial charge in [-0.05, 0) is 13.0 Å². The summed E-state index contributed by atoms with van der Waals surface area (Å²) in [7, 11) is 2.02. The molecular formula is C15H17F2N3O. The van der Waals surface area contributed by atoms with Crippen LogP contribution in [0.15, 0.2) is 35.1 Å². The van der Waals surface area contributed by atoms with E-state index in [0.717, 1.165) is 18.4 Å². The molecule has 2 aliphatic heterocycles. The molecule has 6 heteroatoms. The zero-order valence-corrected chi connectivity index (χ0v) is 12.0. The summed E-state index contributed by atoms with van der Waals surface area (Å²) in [6, 6.07) is 4.48. The molecule has 1 saturated heterocycles. The maximum Gasteiger partial charge on any atom is 0.214 e. The Labute approximate surface area is 122 Å². The van der Waals surface area contributed by atoms with Gasteiger partial charge in [0.15, 0.2) is 11.6 Å². The maximum absolute atomic E-state index is 13.6. The Morgan fingerprint density at radius 2 is 2.19 bits per heavy atom. The number of likely N-dealkylation sites (N-methyl/N-ethyl adjacent to an activating group) is 1. The Morgan fingerprint density at radius 1 is 1.38 bits per heavy atom. The minimum absolute atomic E-state index is 0.0362. The Hall–Kier alpha value is -2.11. The second-order valence-electron chi connectivity index (χ2n) is 5.32. The largest absolute Gasteiger partial charge is 0.473 e. The van der Waals surface area contributed by atoms with E-state index in [-0.39, 0.29) is 12.2 Å². The van der Waals surface area contributed by atoms with E-state index in [1.54, 1.807) is 0 Å². The van der Waals surface area contributed by atoms with Crippen LogP contribution in [-0.4, -0.2) is 42.0 Å². The Morgan fingerprint density at radius 3 is 3.00 bits per heavy atom. The topological polar surface area (TPSA) is 28.1 Å². The monoisotopic (exact) mass is 293 g/mol. The van der Waals surface area contributed by atoms with Gasteiger partial charge in [-0.3, -0.25) is 0 Å². The molecule has 112 valence electrons. The number of ether oxygens (including phenoxy) is 1. The van der Waals surface area contributed by atoms with E-state index in [2.05, 4.69) is 21.7 Å². The summed E-state index contributed by atoms with van der Waals surface area (Å²) in [6.07, 6.45) is 1.84. The first-order chi connectivity index (χ1) is 10.1. The first-order valence-corrected chi connectivity index (χ1v) is 6.86. The average molecular weight is 293 g/mol. The zero-order chi connectivity index (χ0) is 15.0. The minimum Gasteiger partial charge on any atom is -0.473 e. The summed E-state index contributed by atoms with van der Waals surface area (Å²) in [5.41, 5.74) is 0.187. The molecule has 0 radical (unpaired) electrons. The Kier molecular flexibility index (Phi) is 3.53. The third-order valence-electron chi connectivity index (χ3n) is 3.89. The quantitative estimate of drug-likeness (QED) is 0.838. The lowest BCUT2D eigenvalue weighted by molar-refractivity contribution is 0.272. The van der Waals surface area contributed by atoms with Gasteiger partial charge in [0, 0.05) is 31.3 Å². The molecular weight excluding hydrogens is 276 g/mol. The van der Waals surface area contributed by atoms with Gasteiger partial charge in [-0.2, -0.15) is 0 Å². The van der Waals surface area contributed by atoms with Gasteiger partial charge in [0.2, 0.25) is 5.90 Å². The second-order valence-corrected chi connectivity index (χ2v) is 5.32. The van der Waals surface area contributed by atoms with Crippen LogP contribution in [0.3, 0.4) is 0 Å². The van der Waals surface area contributed by atoms with Gasteiger partial charge >= 0.3 is 0 Å². The average Bonchev–Trinajstić information content (AvgIpc) is 2.76. The van der Waals surface area contributed by atoms with Crippen molar-refractivity contribution in [3.63, 3.8) is 0 Å². The van der Waals surface area contributed by atoms with Crippen LogP contribution in [0, 0.1) is 11.6 Å². The number of hydrogen-bond acceptors (Lipinski definition) is 4. The van der Waals surface area contributed by atoms with Gasteiger partial charge in [-0.15, -0.1) is 0 Å². The number of fused-ring (bicyclic) bond motifs is 1. The van der Waals surface area contributed by atoms with Gasteiger partial charge < -0.3 is 14.5 Å². The molecule has 1 atom stereocenters. The van der Waals surface area contributed by atoms with Crippen molar-refractivity contribution in [3.8, 4) is 0 Å². The number of aliphatic imine (C=N–C) groups is 1. The Bertz CT molecular complexity index is 611. The van der Waals surface area contributed by atoms with Crippen LogP contribution >= 0.6 is 0 Å². The molecule has 0 aromatic heterocycles. The fraction of sp³-hybridized carbons (Fsp3) is 0.400. The first-order valence-electron chi connectivity index (χ1n) is 6.86. The van der Waals surface area contributed by atoms with Crippen LogP contribution in [0.25, 0.3) is 0 Å². The highest BCUT2D eigenvalue weighted by Crippen LogP contribution is 2.24. The molecule has 2 heterocycles. The van der Waals surface area contributed by atoms with Crippen LogP contribution in [-0.2, 0) is 11.3 Å². The lowest BCUT2D eigenvalue weighted by Gasteiger charge is -2.24. The summed E-state index contributed by atoms with van der Waals surface area (Å²) in [4.78, 5) is 8.62. The molecule has 0 unspecified atom stereocenters. The second kappa shape index (κ2) is 5.35. The highest BCUT2D eigenvalue weighted by molar-refractivity contribution is 5.88. The molecule has 0 N–H and O–H groups in total. The van der Waals surface area contributed by atoms with Gasteiger partial charge in [0.25, 0.3) is 0 Å². The predicted octanol–water partition coefficient (Wildman–Crippen LogP) is 2.33. The SMILES string of the molecule is C[C@H]1CN2CN=C(OCc3cccc(F)c3F)C=C2N1C. The summed E-state index contributed by atoms with van der Waals surface area (Å²) in [6.45, 7) is 3.56. The highest BCUT2D eigenvalue weighted by atomic mass is 19.2. The normalized spacial score (nSPS) is 21.0. The molecule has 0 spiro atoms. The number of halogens is 2. The molecule has 0 aliphatic carbocycles. The molecule has 2 aliphatic rings. The van der Waals surface area contributed by atoms with E-state index in [9.17, 15) is 8.78 Å². The first kappa shape index (κ1) is 13.9. The molecule has 4 nitrogen and oxygen atoms in total. The standard InChI is InChI=1S/C15H17F2N3O/c1-10-7-20-9-18-13(6-14(20)19(10)2)21-8-11-4-3-5-12(16)15(11)17/h3-6,10H,7-9H2,1-2H3/t10-/m0/s1. The van der Waals surface area contributed by atoms with Crippen LogP contribution in [0.4, 0.5) is 8.78 Å². The fourth-order valence-electron chi connectivity index (χ4n) is 2.52. The molecule has 0 saturated carbocycles. The van der Waals surface area contributed by atoms with Gasteiger partial charge in [0.1, 0.15) is 19.1 Å². The van der Waals surface area contributed by atoms with Crippen LogP contribution < -0.4 is 0 Å². The molecule has 21 heavy (non-hydrogen) atoms. The molecule has 0 amide bonds. The highest BCUT2D eigenvalue weighted by Gasteiger charge is 2.30. The number of benzene rings is 1. The van der Waals surface area contributed by atoms with Crippen molar-refractivity contribution in [2.75, 3.05) is 20.3 Å². The van der Waals surface area contributed by atoms with Crippen LogP contribution in [0.5, 0.6) is 0 Å². The fourth-order valence-corrected chi connectivity index (χ4v) is 2.52. The van der Waals surface area contributed by atoms with E-state index >= 15 is 0 Å². The minimum atomic E-state index is -0.866. The van der Waals surface area contributed by atoms with Crippen molar-refractivity contribution < 1.29 is 13.5 Å². The molecule has 1 aromatic rings. The van der Waals surface area contributed by atoms with Crippen molar-refractivity contribution >= 4 is 5.90 Å². The molecule has 0 bridgehead atoms. The van der Waals surface area contributed by atoms with Crippen LogP contribution in [0.1, 0.15) is 12.5 Å². The van der Waals surface area contributed by atoms with Crippen molar-refractivity contribution in [2.45, 2.75) is 19.6 Å². The number of rotatable bonds is 2. The summed E-state index contributed by atoms with van der Waals surface area (Å²) >= 11 is 0. The summed E-state index contributed by atoms with van der Waals surface area (Å²) < 4.78 is 32.2. The number of nitrogens with zero attached hydrogens (tertiary/aromatic N) is 3. The third kappa shape index (κ3) is 2.57. The van der Waals surface area contributed by atoms with Gasteiger partial charge in [0.05, 0.1) is 0 Å². The van der Waals surface area contributed by atoms with Crippen molar-refractivity contribution in [1.82, 2.24) is 9.80 Å². The van der Waals surface area contributed by atoms with Crippen molar-refractivity contribution in [1.29, 1.82) is 0 Å². The smallest absolute Gasteiger partial charge is 0.214 e. The lowest BCUT2D eigenvalue weighted by atomic mass is 10.2. The van der Waals surface area contributed by atoms with E-state index in [1.807, 2.05) is 13.1 Å². The third-order valence-corrected chi connectivity index (χ3v) is 3.89. The van der Waals surface area contributed by atoms with E-state index in [1.165, 1.54) is 12.1 Å². The van der Waals surface area contributed by atoms with Crippen molar-refractivity contribution in [3.05, 3.63) is 47.3 Å². The number of hydrogen-bond donors (Lipinski definition) is 0. The maximum atomic E-state index is 13.6. The molecule has 3 rings (SSSR count). The lowest BCUT2D eigenvalue weighted by Crippen LogP contribution is -2.27. The molecule has 1 fully saturated rings. The van der Waals surface area contributed by atoms with Crippen LogP contribution in [0.2, 0.25) is 0 Å². The summed E-state index contributed by atoms with van der Waals surface area (Å²) in [5, 5.41) is 0. The van der Waals surface area contributed by atoms with E-state index < -0.39 is 11.6 Å². The van der Waals surface area contributed by atoms with Gasteiger partial charge in [-0.25, -0.2) is 13.8 Å². The zero-order valence-electron chi connectivity index (χ0n) is 12.0.